The van der Waals surface area contributed by atoms with Gasteiger partial charge in [0.25, 0.3) is 0 Å². The predicted molar refractivity (Wildman–Crippen MR) is 138 cm³/mol. The zero-order chi connectivity index (χ0) is 25.6. The number of aliphatic hydroxyl groups excluding tert-OH is 2. The standard InChI is InChI=1S/C30H48O5/c1-6-7-8-9-10-11-12-13-14-35-27-19(2)17-29-20(3)15-23-24(28(23,4)5)22(26(29)33)16-21(18-31)25(32)30(27,29)34/h16-17,20,22-25,27,31-32,34H,6-15,18H2,1-5H3. The molecule has 5 nitrogen and oxygen atoms in total. The number of allylic oxidation sites excluding steroid dienone is 1. The van der Waals surface area contributed by atoms with Gasteiger partial charge < -0.3 is 20.1 Å². The van der Waals surface area contributed by atoms with Crippen LogP contribution in [0.4, 0.5) is 0 Å². The van der Waals surface area contributed by atoms with Crippen molar-refractivity contribution in [2.75, 3.05) is 13.2 Å². The van der Waals surface area contributed by atoms with E-state index in [0.717, 1.165) is 24.8 Å². The number of rotatable bonds is 11. The molecule has 5 heteroatoms. The van der Waals surface area contributed by atoms with Gasteiger partial charge in [0.1, 0.15) is 17.8 Å². The minimum atomic E-state index is -1.81. The third-order valence-corrected chi connectivity index (χ3v) is 10.2. The van der Waals surface area contributed by atoms with Crippen LogP contribution >= 0.6 is 0 Å². The smallest absolute Gasteiger partial charge is 0.153 e. The summed E-state index contributed by atoms with van der Waals surface area (Å²) in [6, 6.07) is 0. The van der Waals surface area contributed by atoms with Crippen LogP contribution in [0.2, 0.25) is 0 Å². The van der Waals surface area contributed by atoms with E-state index in [9.17, 15) is 20.1 Å². The number of carbonyl (C=O) groups is 1. The fraction of sp³-hybridized carbons (Fsp3) is 0.833. The molecule has 0 saturated heterocycles. The first kappa shape index (κ1) is 27.0. The SMILES string of the molecule is CCCCCCCCCCOC1C(C)=CC23C(=O)C(C=C(CO)C(O)C12O)C1C(CC3C)C1(C)C. The zero-order valence-corrected chi connectivity index (χ0v) is 22.6. The van der Waals surface area contributed by atoms with Crippen molar-refractivity contribution in [1.29, 1.82) is 0 Å². The summed E-state index contributed by atoms with van der Waals surface area (Å²) >= 11 is 0. The number of ketones is 1. The maximum atomic E-state index is 14.3. The van der Waals surface area contributed by atoms with E-state index in [1.807, 2.05) is 13.0 Å². The van der Waals surface area contributed by atoms with Crippen LogP contribution < -0.4 is 0 Å². The molecule has 0 radical (unpaired) electrons. The number of Topliss-reactive ketones (excluding diaryl/α,β-unsaturated/α-hetero) is 1. The van der Waals surface area contributed by atoms with Gasteiger partial charge in [-0.1, -0.05) is 84.8 Å². The van der Waals surface area contributed by atoms with Crippen LogP contribution in [0.5, 0.6) is 0 Å². The lowest BCUT2D eigenvalue weighted by Gasteiger charge is -2.49. The van der Waals surface area contributed by atoms with E-state index < -0.39 is 29.1 Å². The number of aliphatic hydroxyl groups is 3. The fourth-order valence-electron chi connectivity index (χ4n) is 8.11. The summed E-state index contributed by atoms with van der Waals surface area (Å²) in [6.45, 7) is 10.7. The minimum Gasteiger partial charge on any atom is -0.392 e. The van der Waals surface area contributed by atoms with E-state index in [-0.39, 0.29) is 29.6 Å². The molecular weight excluding hydrogens is 440 g/mol. The van der Waals surface area contributed by atoms with Crippen molar-refractivity contribution in [2.24, 2.45) is 34.5 Å². The number of unbranched alkanes of at least 4 members (excludes halogenated alkanes) is 7. The van der Waals surface area contributed by atoms with Crippen LogP contribution in [0, 0.1) is 34.5 Å². The van der Waals surface area contributed by atoms with Gasteiger partial charge in [-0.3, -0.25) is 4.79 Å². The van der Waals surface area contributed by atoms with E-state index in [1.165, 1.54) is 38.5 Å². The highest BCUT2D eigenvalue weighted by Crippen LogP contribution is 2.71. The summed E-state index contributed by atoms with van der Waals surface area (Å²) in [5.74, 6) is 0.0327. The molecule has 2 fully saturated rings. The Labute approximate surface area is 212 Å². The molecule has 0 amide bonds. The van der Waals surface area contributed by atoms with Crippen molar-refractivity contribution >= 4 is 5.78 Å². The Bertz CT molecular complexity index is 859. The van der Waals surface area contributed by atoms with Crippen molar-refractivity contribution in [3.63, 3.8) is 0 Å². The summed E-state index contributed by atoms with van der Waals surface area (Å²) in [5, 5.41) is 34.2. The van der Waals surface area contributed by atoms with Crippen molar-refractivity contribution in [3.8, 4) is 0 Å². The average Bonchev–Trinajstić information content (AvgIpc) is 3.30. The van der Waals surface area contributed by atoms with E-state index in [0.29, 0.717) is 18.1 Å². The van der Waals surface area contributed by atoms with Gasteiger partial charge in [0.2, 0.25) is 0 Å². The van der Waals surface area contributed by atoms with Crippen LogP contribution in [0.25, 0.3) is 0 Å². The molecule has 3 N–H and O–H groups in total. The van der Waals surface area contributed by atoms with Crippen molar-refractivity contribution in [2.45, 2.75) is 110 Å². The van der Waals surface area contributed by atoms with Crippen molar-refractivity contribution in [3.05, 3.63) is 23.3 Å². The second-order valence-corrected chi connectivity index (χ2v) is 12.6. The molecule has 0 aromatic rings. The highest BCUT2D eigenvalue weighted by molar-refractivity contribution is 5.95. The Balaban J connectivity index is 1.54. The van der Waals surface area contributed by atoms with Crippen LogP contribution in [0.3, 0.4) is 0 Å². The average molecular weight is 489 g/mol. The first-order chi connectivity index (χ1) is 16.6. The first-order valence-electron chi connectivity index (χ1n) is 14.2. The molecule has 8 atom stereocenters. The lowest BCUT2D eigenvalue weighted by molar-refractivity contribution is -0.199. The molecule has 1 spiro atoms. The molecule has 0 aliphatic heterocycles. The molecule has 0 heterocycles. The molecular formula is C30H48O5. The molecule has 4 aliphatic rings. The molecule has 2 saturated carbocycles. The molecule has 4 rings (SSSR count). The largest absolute Gasteiger partial charge is 0.392 e. The maximum absolute atomic E-state index is 14.3. The normalized spacial score (nSPS) is 41.4. The second kappa shape index (κ2) is 10.0. The summed E-state index contributed by atoms with van der Waals surface area (Å²) < 4.78 is 6.31. The number of hydrogen-bond donors (Lipinski definition) is 3. The third kappa shape index (κ3) is 4.09. The summed E-state index contributed by atoms with van der Waals surface area (Å²) in [4.78, 5) is 14.3. The van der Waals surface area contributed by atoms with E-state index in [4.69, 9.17) is 4.74 Å². The molecule has 198 valence electrons. The lowest BCUT2D eigenvalue weighted by atomic mass is 9.59. The van der Waals surface area contributed by atoms with Crippen LogP contribution in [0.1, 0.15) is 92.4 Å². The summed E-state index contributed by atoms with van der Waals surface area (Å²) in [6.07, 6.45) is 12.0. The van der Waals surface area contributed by atoms with Crippen LogP contribution in [0.15, 0.2) is 23.3 Å². The lowest BCUT2D eigenvalue weighted by Crippen LogP contribution is -2.65. The zero-order valence-electron chi connectivity index (χ0n) is 22.6. The Hall–Kier alpha value is -1.01. The Kier molecular flexibility index (Phi) is 7.76. The van der Waals surface area contributed by atoms with Gasteiger partial charge in [-0.15, -0.1) is 0 Å². The van der Waals surface area contributed by atoms with Crippen molar-refractivity contribution in [1.82, 2.24) is 0 Å². The highest BCUT2D eigenvalue weighted by atomic mass is 16.5. The Morgan fingerprint density at radius 3 is 2.34 bits per heavy atom. The number of carbonyl (C=O) groups excluding carboxylic acids is 1. The van der Waals surface area contributed by atoms with E-state index in [1.54, 1.807) is 6.08 Å². The maximum Gasteiger partial charge on any atom is 0.153 e. The van der Waals surface area contributed by atoms with Gasteiger partial charge in [0.15, 0.2) is 5.78 Å². The molecule has 0 aromatic carbocycles. The van der Waals surface area contributed by atoms with Crippen LogP contribution in [-0.2, 0) is 9.53 Å². The molecule has 2 bridgehead atoms. The number of hydrogen-bond acceptors (Lipinski definition) is 5. The van der Waals surface area contributed by atoms with Gasteiger partial charge in [-0.2, -0.15) is 0 Å². The third-order valence-electron chi connectivity index (χ3n) is 10.2. The van der Waals surface area contributed by atoms with Gasteiger partial charge in [0, 0.05) is 12.5 Å². The molecule has 8 unspecified atom stereocenters. The predicted octanol–water partition coefficient (Wildman–Crippen LogP) is 4.98. The van der Waals surface area contributed by atoms with Gasteiger partial charge in [-0.05, 0) is 54.1 Å². The summed E-state index contributed by atoms with van der Waals surface area (Å²) in [7, 11) is 0. The van der Waals surface area contributed by atoms with Gasteiger partial charge in [0.05, 0.1) is 12.0 Å². The molecule has 35 heavy (non-hydrogen) atoms. The Morgan fingerprint density at radius 2 is 1.71 bits per heavy atom. The van der Waals surface area contributed by atoms with Crippen molar-refractivity contribution < 1.29 is 24.9 Å². The topological polar surface area (TPSA) is 87.0 Å². The second-order valence-electron chi connectivity index (χ2n) is 12.6. The monoisotopic (exact) mass is 488 g/mol. The highest BCUT2D eigenvalue weighted by Gasteiger charge is 2.75. The molecule has 0 aromatic heterocycles. The first-order valence-corrected chi connectivity index (χ1v) is 14.2. The van der Waals surface area contributed by atoms with E-state index >= 15 is 0 Å². The fourth-order valence-corrected chi connectivity index (χ4v) is 8.11. The number of ether oxygens (including phenoxy) is 1. The Morgan fingerprint density at radius 1 is 1.09 bits per heavy atom. The number of fused-ring (bicyclic) bond motifs is 3. The minimum absolute atomic E-state index is 0.00870. The quantitative estimate of drug-likeness (QED) is 0.282. The van der Waals surface area contributed by atoms with Gasteiger partial charge >= 0.3 is 0 Å². The van der Waals surface area contributed by atoms with Crippen LogP contribution in [-0.4, -0.2) is 52.1 Å². The van der Waals surface area contributed by atoms with Gasteiger partial charge in [-0.25, -0.2) is 0 Å². The summed E-state index contributed by atoms with van der Waals surface area (Å²) in [5.41, 5.74) is -1.80. The molecule has 4 aliphatic carbocycles. The van der Waals surface area contributed by atoms with E-state index in [2.05, 4.69) is 27.7 Å².